The summed E-state index contributed by atoms with van der Waals surface area (Å²) in [5.41, 5.74) is 1.13. The van der Waals surface area contributed by atoms with Crippen molar-refractivity contribution in [1.29, 1.82) is 0 Å². The maximum absolute atomic E-state index is 12.8. The van der Waals surface area contributed by atoms with Gasteiger partial charge < -0.3 is 4.74 Å². The minimum Gasteiger partial charge on any atom is -0.497 e. The van der Waals surface area contributed by atoms with Crippen molar-refractivity contribution in [3.05, 3.63) is 63.7 Å². The monoisotopic (exact) mass is 421 g/mol. The van der Waals surface area contributed by atoms with Crippen molar-refractivity contribution in [1.82, 2.24) is 9.62 Å². The summed E-state index contributed by atoms with van der Waals surface area (Å²) in [6.45, 7) is 7.21. The highest BCUT2D eigenvalue weighted by Gasteiger charge is 2.23. The van der Waals surface area contributed by atoms with Gasteiger partial charge in [-0.3, -0.25) is 15.0 Å². The molecule has 1 unspecified atom stereocenters. The zero-order valence-electron chi connectivity index (χ0n) is 17.1. The highest BCUT2D eigenvalue weighted by molar-refractivity contribution is 7.89. The van der Waals surface area contributed by atoms with E-state index in [1.54, 1.807) is 7.11 Å². The second kappa shape index (κ2) is 9.82. The van der Waals surface area contributed by atoms with Gasteiger partial charge in [-0.2, -0.15) is 0 Å². The van der Waals surface area contributed by atoms with Crippen LogP contribution >= 0.6 is 0 Å². The van der Waals surface area contributed by atoms with Gasteiger partial charge in [-0.05, 0) is 49.8 Å². The molecule has 0 aliphatic carbocycles. The van der Waals surface area contributed by atoms with E-state index in [4.69, 9.17) is 4.74 Å². The summed E-state index contributed by atoms with van der Waals surface area (Å²) in [6.07, 6.45) is 0. The van der Waals surface area contributed by atoms with E-state index < -0.39 is 14.9 Å². The molecule has 9 heteroatoms. The number of nitrogens with zero attached hydrogens (tertiary/aromatic N) is 2. The van der Waals surface area contributed by atoms with Crippen molar-refractivity contribution >= 4 is 15.7 Å². The Bertz CT molecular complexity index is 958. The van der Waals surface area contributed by atoms with Gasteiger partial charge in [-0.15, -0.1) is 0 Å². The maximum atomic E-state index is 12.8. The van der Waals surface area contributed by atoms with E-state index in [-0.39, 0.29) is 23.2 Å². The van der Waals surface area contributed by atoms with E-state index in [9.17, 15) is 18.5 Å². The van der Waals surface area contributed by atoms with Crippen LogP contribution in [0.2, 0.25) is 0 Å². The Morgan fingerprint density at radius 1 is 1.17 bits per heavy atom. The van der Waals surface area contributed by atoms with Gasteiger partial charge in [0.15, 0.2) is 0 Å². The smallest absolute Gasteiger partial charge is 0.272 e. The zero-order chi connectivity index (χ0) is 21.6. The molecule has 0 spiro atoms. The molecule has 0 saturated carbocycles. The predicted octanol–water partition coefficient (Wildman–Crippen LogP) is 3.27. The van der Waals surface area contributed by atoms with Crippen LogP contribution in [0, 0.1) is 17.0 Å². The quantitative estimate of drug-likeness (QED) is 0.467. The van der Waals surface area contributed by atoms with Gasteiger partial charge in [0.1, 0.15) is 5.75 Å². The van der Waals surface area contributed by atoms with E-state index in [0.717, 1.165) is 18.7 Å². The minimum atomic E-state index is -3.82. The highest BCUT2D eigenvalue weighted by atomic mass is 32.2. The lowest BCUT2D eigenvalue weighted by Crippen LogP contribution is -2.38. The second-order valence-corrected chi connectivity index (χ2v) is 8.34. The molecule has 0 radical (unpaired) electrons. The molecule has 0 aliphatic rings. The van der Waals surface area contributed by atoms with Gasteiger partial charge in [0, 0.05) is 24.2 Å². The third-order valence-corrected chi connectivity index (χ3v) is 6.29. The van der Waals surface area contributed by atoms with Crippen molar-refractivity contribution in [2.45, 2.75) is 31.7 Å². The Morgan fingerprint density at radius 3 is 2.41 bits per heavy atom. The summed E-state index contributed by atoms with van der Waals surface area (Å²) in [6, 6.07) is 11.2. The van der Waals surface area contributed by atoms with Crippen molar-refractivity contribution in [2.75, 3.05) is 26.7 Å². The summed E-state index contributed by atoms with van der Waals surface area (Å²) in [5.74, 6) is 0.702. The Labute approximate surface area is 171 Å². The number of ether oxygens (including phenoxy) is 1. The molecule has 1 N–H and O–H groups in total. The number of methoxy groups -OCH3 is 1. The molecule has 2 rings (SSSR count). The predicted molar refractivity (Wildman–Crippen MR) is 112 cm³/mol. The molecule has 8 nitrogen and oxygen atoms in total. The Kier molecular flexibility index (Phi) is 7.72. The fourth-order valence-electron chi connectivity index (χ4n) is 3.24. The lowest BCUT2D eigenvalue weighted by atomic mass is 10.0. The molecule has 0 fully saturated rings. The van der Waals surface area contributed by atoms with Crippen LogP contribution in [0.15, 0.2) is 47.4 Å². The number of aryl methyl sites for hydroxylation is 1. The van der Waals surface area contributed by atoms with Crippen LogP contribution in [0.4, 0.5) is 5.69 Å². The normalized spacial score (nSPS) is 12.7. The zero-order valence-corrected chi connectivity index (χ0v) is 17.9. The van der Waals surface area contributed by atoms with Gasteiger partial charge in [-0.25, -0.2) is 13.1 Å². The number of nitro benzene ring substituents is 1. The number of hydrogen-bond acceptors (Lipinski definition) is 6. The second-order valence-electron chi connectivity index (χ2n) is 6.57. The van der Waals surface area contributed by atoms with Gasteiger partial charge >= 0.3 is 0 Å². The standard InChI is InChI=1S/C20H27N3O5S/c1-5-22(6-2)20(16-8-7-9-17(13-16)28-4)14-21-29(26,27)18-10-11-19(23(24)25)15(3)12-18/h7-13,20-21H,5-6,14H2,1-4H3. The lowest BCUT2D eigenvalue weighted by molar-refractivity contribution is -0.385. The summed E-state index contributed by atoms with van der Waals surface area (Å²) in [7, 11) is -2.24. The van der Waals surface area contributed by atoms with E-state index >= 15 is 0 Å². The van der Waals surface area contributed by atoms with Gasteiger partial charge in [-0.1, -0.05) is 26.0 Å². The molecule has 0 saturated heterocycles. The molecule has 2 aromatic carbocycles. The fraction of sp³-hybridized carbons (Fsp3) is 0.400. The summed E-state index contributed by atoms with van der Waals surface area (Å²) >= 11 is 0. The first-order chi connectivity index (χ1) is 13.7. The molecule has 0 bridgehead atoms. The number of benzene rings is 2. The van der Waals surface area contributed by atoms with Crippen molar-refractivity contribution in [2.24, 2.45) is 0 Å². The molecule has 1 atom stereocenters. The summed E-state index contributed by atoms with van der Waals surface area (Å²) in [5, 5.41) is 11.0. The van der Waals surface area contributed by atoms with Crippen LogP contribution in [0.5, 0.6) is 5.75 Å². The Hall–Kier alpha value is -2.49. The average molecular weight is 422 g/mol. The Balaban J connectivity index is 2.29. The van der Waals surface area contributed by atoms with E-state index in [2.05, 4.69) is 9.62 Å². The first kappa shape index (κ1) is 22.8. The number of hydrogen-bond donors (Lipinski definition) is 1. The number of likely N-dealkylation sites (N-methyl/N-ethyl adjacent to an activating group) is 1. The highest BCUT2D eigenvalue weighted by Crippen LogP contribution is 2.25. The third kappa shape index (κ3) is 5.53. The molecule has 29 heavy (non-hydrogen) atoms. The summed E-state index contributed by atoms with van der Waals surface area (Å²) < 4.78 is 33.6. The summed E-state index contributed by atoms with van der Waals surface area (Å²) in [4.78, 5) is 12.6. The number of sulfonamides is 1. The molecular weight excluding hydrogens is 394 g/mol. The third-order valence-electron chi connectivity index (χ3n) is 4.87. The van der Waals surface area contributed by atoms with Crippen molar-refractivity contribution < 1.29 is 18.1 Å². The van der Waals surface area contributed by atoms with Gasteiger partial charge in [0.05, 0.1) is 16.9 Å². The maximum Gasteiger partial charge on any atom is 0.272 e. The molecule has 2 aromatic rings. The van der Waals surface area contributed by atoms with E-state index in [1.807, 2.05) is 38.1 Å². The largest absolute Gasteiger partial charge is 0.497 e. The van der Waals surface area contributed by atoms with Crippen molar-refractivity contribution in [3.63, 3.8) is 0 Å². The molecule has 158 valence electrons. The van der Waals surface area contributed by atoms with Crippen LogP contribution in [-0.4, -0.2) is 45.0 Å². The fourth-order valence-corrected chi connectivity index (χ4v) is 4.37. The number of nitrogens with one attached hydrogen (secondary N) is 1. The van der Waals surface area contributed by atoms with Crippen molar-refractivity contribution in [3.8, 4) is 5.75 Å². The Morgan fingerprint density at radius 2 is 1.86 bits per heavy atom. The van der Waals surface area contributed by atoms with Crippen LogP contribution in [-0.2, 0) is 10.0 Å². The topological polar surface area (TPSA) is 102 Å². The van der Waals surface area contributed by atoms with Crippen LogP contribution in [0.3, 0.4) is 0 Å². The van der Waals surface area contributed by atoms with Crippen LogP contribution in [0.1, 0.15) is 31.0 Å². The molecule has 0 aromatic heterocycles. The van der Waals surface area contributed by atoms with Gasteiger partial charge in [0.2, 0.25) is 10.0 Å². The van der Waals surface area contributed by atoms with E-state index in [0.29, 0.717) is 11.3 Å². The van der Waals surface area contributed by atoms with Crippen LogP contribution < -0.4 is 9.46 Å². The number of nitro groups is 1. The molecule has 0 aliphatic heterocycles. The number of rotatable bonds is 10. The first-order valence-corrected chi connectivity index (χ1v) is 10.8. The molecule has 0 heterocycles. The SMILES string of the molecule is CCN(CC)C(CNS(=O)(=O)c1ccc([N+](=O)[O-])c(C)c1)c1cccc(OC)c1. The van der Waals surface area contributed by atoms with E-state index in [1.165, 1.54) is 25.1 Å². The minimum absolute atomic E-state index is 0.00420. The van der Waals surface area contributed by atoms with Crippen LogP contribution in [0.25, 0.3) is 0 Å². The molecule has 0 amide bonds. The molecular formula is C20H27N3O5S. The lowest BCUT2D eigenvalue weighted by Gasteiger charge is -2.30. The average Bonchev–Trinajstić information content (AvgIpc) is 2.70. The van der Waals surface area contributed by atoms with Gasteiger partial charge in [0.25, 0.3) is 5.69 Å². The first-order valence-electron chi connectivity index (χ1n) is 9.36.